The first kappa shape index (κ1) is 14.7. The van der Waals surface area contributed by atoms with Gasteiger partial charge in [-0.05, 0) is 42.8 Å². The van der Waals surface area contributed by atoms with Crippen molar-refractivity contribution in [2.24, 2.45) is 0 Å². The number of benzene rings is 2. The van der Waals surface area contributed by atoms with Crippen molar-refractivity contribution in [1.29, 1.82) is 0 Å². The number of nitrogens with one attached hydrogen (secondary N) is 1. The van der Waals surface area contributed by atoms with Crippen LogP contribution in [-0.2, 0) is 4.79 Å². The van der Waals surface area contributed by atoms with Crippen LogP contribution in [-0.4, -0.2) is 12.5 Å². The van der Waals surface area contributed by atoms with Crippen molar-refractivity contribution >= 4 is 34.8 Å². The highest BCUT2D eigenvalue weighted by molar-refractivity contribution is 6.36. The summed E-state index contributed by atoms with van der Waals surface area (Å²) in [4.78, 5) is 11.8. The second kappa shape index (κ2) is 6.64. The third-order valence-corrected chi connectivity index (χ3v) is 3.11. The van der Waals surface area contributed by atoms with Gasteiger partial charge in [0.2, 0.25) is 0 Å². The summed E-state index contributed by atoms with van der Waals surface area (Å²) >= 11 is 11.8. The van der Waals surface area contributed by atoms with Crippen LogP contribution in [0.2, 0.25) is 10.0 Å². The van der Waals surface area contributed by atoms with E-state index in [0.717, 1.165) is 5.56 Å². The number of ether oxygens (including phenoxy) is 1. The summed E-state index contributed by atoms with van der Waals surface area (Å²) in [6.45, 7) is 1.88. The summed E-state index contributed by atoms with van der Waals surface area (Å²) in [5.41, 5.74) is 1.58. The highest BCUT2D eigenvalue weighted by Gasteiger charge is 2.07. The van der Waals surface area contributed by atoms with E-state index in [9.17, 15) is 4.79 Å². The van der Waals surface area contributed by atoms with Gasteiger partial charge in [-0.3, -0.25) is 4.79 Å². The number of carbonyl (C=O) groups is 1. The molecule has 0 heterocycles. The van der Waals surface area contributed by atoms with Crippen molar-refractivity contribution in [3.05, 3.63) is 58.1 Å². The van der Waals surface area contributed by atoms with Crippen molar-refractivity contribution in [3.8, 4) is 5.75 Å². The van der Waals surface area contributed by atoms with Crippen LogP contribution in [0.25, 0.3) is 0 Å². The van der Waals surface area contributed by atoms with Gasteiger partial charge in [-0.2, -0.15) is 0 Å². The lowest BCUT2D eigenvalue weighted by molar-refractivity contribution is -0.118. The Hall–Kier alpha value is -1.71. The molecule has 104 valence electrons. The Labute approximate surface area is 127 Å². The minimum atomic E-state index is -0.282. The van der Waals surface area contributed by atoms with E-state index >= 15 is 0 Å². The molecule has 2 aromatic rings. The number of hydrogen-bond donors (Lipinski definition) is 1. The van der Waals surface area contributed by atoms with Gasteiger partial charge in [0.05, 0.1) is 10.7 Å². The summed E-state index contributed by atoms with van der Waals surface area (Å²) < 4.78 is 5.40. The van der Waals surface area contributed by atoms with Crippen molar-refractivity contribution in [2.75, 3.05) is 11.9 Å². The number of carbonyl (C=O) groups excluding carboxylic acids is 1. The largest absolute Gasteiger partial charge is 0.484 e. The predicted molar refractivity (Wildman–Crippen MR) is 81.8 cm³/mol. The second-order valence-corrected chi connectivity index (χ2v) is 5.12. The van der Waals surface area contributed by atoms with Crippen molar-refractivity contribution < 1.29 is 9.53 Å². The molecule has 0 aliphatic carbocycles. The fourth-order valence-electron chi connectivity index (χ4n) is 1.63. The van der Waals surface area contributed by atoms with E-state index in [0.29, 0.717) is 21.5 Å². The van der Waals surface area contributed by atoms with Gasteiger partial charge >= 0.3 is 0 Å². The molecule has 1 N–H and O–H groups in total. The van der Waals surface area contributed by atoms with Gasteiger partial charge in [0, 0.05) is 5.02 Å². The molecule has 0 unspecified atom stereocenters. The molecule has 0 saturated carbocycles. The molecule has 0 radical (unpaired) electrons. The summed E-state index contributed by atoms with van der Waals surface area (Å²) in [7, 11) is 0. The number of amides is 1. The molecular formula is C15H13Cl2NO2. The van der Waals surface area contributed by atoms with Crippen LogP contribution >= 0.6 is 23.2 Å². The van der Waals surface area contributed by atoms with Crippen LogP contribution in [0, 0.1) is 6.92 Å². The lowest BCUT2D eigenvalue weighted by atomic mass is 10.2. The average Bonchev–Trinajstić information content (AvgIpc) is 2.40. The third-order valence-electron chi connectivity index (χ3n) is 2.56. The minimum Gasteiger partial charge on any atom is -0.484 e. The Morgan fingerprint density at radius 1 is 1.20 bits per heavy atom. The molecule has 2 rings (SSSR count). The van der Waals surface area contributed by atoms with E-state index in [-0.39, 0.29) is 12.5 Å². The van der Waals surface area contributed by atoms with Crippen LogP contribution in [0.3, 0.4) is 0 Å². The number of aryl methyl sites for hydroxylation is 1. The molecule has 1 amide bonds. The van der Waals surface area contributed by atoms with Crippen LogP contribution in [0.4, 0.5) is 5.69 Å². The number of anilines is 1. The Kier molecular flexibility index (Phi) is 4.88. The van der Waals surface area contributed by atoms with Crippen molar-refractivity contribution in [1.82, 2.24) is 0 Å². The molecule has 0 fully saturated rings. The molecular weight excluding hydrogens is 297 g/mol. The smallest absolute Gasteiger partial charge is 0.262 e. The first-order valence-electron chi connectivity index (χ1n) is 5.99. The number of rotatable bonds is 4. The minimum absolute atomic E-state index is 0.0809. The topological polar surface area (TPSA) is 38.3 Å². The zero-order valence-corrected chi connectivity index (χ0v) is 12.3. The molecule has 20 heavy (non-hydrogen) atoms. The first-order chi connectivity index (χ1) is 9.54. The summed E-state index contributed by atoms with van der Waals surface area (Å²) in [5.74, 6) is 0.373. The maximum absolute atomic E-state index is 11.8. The second-order valence-electron chi connectivity index (χ2n) is 4.28. The maximum Gasteiger partial charge on any atom is 0.262 e. The summed E-state index contributed by atoms with van der Waals surface area (Å²) in [5, 5.41) is 3.58. The zero-order valence-electron chi connectivity index (χ0n) is 10.8. The van der Waals surface area contributed by atoms with E-state index in [1.54, 1.807) is 24.3 Å². The van der Waals surface area contributed by atoms with Crippen LogP contribution in [0.1, 0.15) is 5.56 Å². The molecule has 0 aliphatic rings. The lowest BCUT2D eigenvalue weighted by Crippen LogP contribution is -2.20. The van der Waals surface area contributed by atoms with Gasteiger partial charge in [0.15, 0.2) is 6.61 Å². The lowest BCUT2D eigenvalue weighted by Gasteiger charge is -2.09. The standard InChI is InChI=1S/C15H13Cl2NO2/c1-10-3-2-4-12(7-10)20-9-15(19)18-14-6-5-11(16)8-13(14)17/h2-8H,9H2,1H3,(H,18,19). The van der Waals surface area contributed by atoms with Gasteiger partial charge in [0.25, 0.3) is 5.91 Å². The fourth-order valence-corrected chi connectivity index (χ4v) is 2.09. The normalized spacial score (nSPS) is 10.2. The average molecular weight is 310 g/mol. The van der Waals surface area contributed by atoms with E-state index in [4.69, 9.17) is 27.9 Å². The molecule has 3 nitrogen and oxygen atoms in total. The molecule has 0 spiro atoms. The zero-order chi connectivity index (χ0) is 14.5. The first-order valence-corrected chi connectivity index (χ1v) is 6.74. The predicted octanol–water partition coefficient (Wildman–Crippen LogP) is 4.32. The molecule has 0 atom stereocenters. The molecule has 0 bridgehead atoms. The van der Waals surface area contributed by atoms with Crippen LogP contribution < -0.4 is 10.1 Å². The quantitative estimate of drug-likeness (QED) is 0.913. The van der Waals surface area contributed by atoms with E-state index in [2.05, 4.69) is 5.32 Å². The van der Waals surface area contributed by atoms with Crippen molar-refractivity contribution in [3.63, 3.8) is 0 Å². The van der Waals surface area contributed by atoms with Crippen LogP contribution in [0.5, 0.6) is 5.75 Å². The van der Waals surface area contributed by atoms with E-state index in [1.807, 2.05) is 25.1 Å². The Morgan fingerprint density at radius 2 is 2.00 bits per heavy atom. The monoisotopic (exact) mass is 309 g/mol. The number of halogens is 2. The number of hydrogen-bond acceptors (Lipinski definition) is 2. The Balaban J connectivity index is 1.92. The molecule has 0 aromatic heterocycles. The van der Waals surface area contributed by atoms with Gasteiger partial charge in [-0.1, -0.05) is 35.3 Å². The molecule has 0 saturated heterocycles. The fraction of sp³-hybridized carbons (Fsp3) is 0.133. The highest BCUT2D eigenvalue weighted by Crippen LogP contribution is 2.25. The maximum atomic E-state index is 11.8. The van der Waals surface area contributed by atoms with Crippen LogP contribution in [0.15, 0.2) is 42.5 Å². The van der Waals surface area contributed by atoms with Crippen molar-refractivity contribution in [2.45, 2.75) is 6.92 Å². The van der Waals surface area contributed by atoms with E-state index in [1.165, 1.54) is 0 Å². The van der Waals surface area contributed by atoms with Gasteiger partial charge < -0.3 is 10.1 Å². The van der Waals surface area contributed by atoms with Gasteiger partial charge in [-0.25, -0.2) is 0 Å². The third kappa shape index (κ3) is 4.15. The summed E-state index contributed by atoms with van der Waals surface area (Å²) in [6, 6.07) is 12.4. The molecule has 0 aliphatic heterocycles. The SMILES string of the molecule is Cc1cccc(OCC(=O)Nc2ccc(Cl)cc2Cl)c1. The highest BCUT2D eigenvalue weighted by atomic mass is 35.5. The summed E-state index contributed by atoms with van der Waals surface area (Å²) in [6.07, 6.45) is 0. The Morgan fingerprint density at radius 3 is 2.70 bits per heavy atom. The van der Waals surface area contributed by atoms with Gasteiger partial charge in [0.1, 0.15) is 5.75 Å². The molecule has 5 heteroatoms. The van der Waals surface area contributed by atoms with Gasteiger partial charge in [-0.15, -0.1) is 0 Å². The Bertz CT molecular complexity index is 629. The molecule has 2 aromatic carbocycles. The van der Waals surface area contributed by atoms with E-state index < -0.39 is 0 Å².